The predicted molar refractivity (Wildman–Crippen MR) is 70.5 cm³/mol. The van der Waals surface area contributed by atoms with Crippen molar-refractivity contribution in [2.75, 3.05) is 0 Å². The Kier molecular flexibility index (Phi) is 3.09. The van der Waals surface area contributed by atoms with Crippen molar-refractivity contribution in [3.63, 3.8) is 0 Å². The number of hydrogen-bond donors (Lipinski definition) is 2. The first kappa shape index (κ1) is 11.8. The van der Waals surface area contributed by atoms with Gasteiger partial charge in [0.15, 0.2) is 0 Å². The lowest BCUT2D eigenvalue weighted by Crippen LogP contribution is -2.22. The zero-order chi connectivity index (χ0) is 13.1. The van der Waals surface area contributed by atoms with Gasteiger partial charge in [-0.3, -0.25) is 0 Å². The summed E-state index contributed by atoms with van der Waals surface area (Å²) in [6, 6.07) is 8.92. The summed E-state index contributed by atoms with van der Waals surface area (Å²) in [6.07, 6.45) is 0. The lowest BCUT2D eigenvalue weighted by molar-refractivity contribution is 0.559. The Morgan fingerprint density at radius 1 is 1.22 bits per heavy atom. The number of nitrogens with two attached hydrogens (primary N) is 2. The maximum absolute atomic E-state index is 11.8. The van der Waals surface area contributed by atoms with Gasteiger partial charge in [0.1, 0.15) is 5.58 Å². The van der Waals surface area contributed by atoms with E-state index in [0.717, 1.165) is 5.39 Å². The first-order valence-corrected chi connectivity index (χ1v) is 5.24. The van der Waals surface area contributed by atoms with Gasteiger partial charge in [0.05, 0.1) is 11.3 Å². The highest BCUT2D eigenvalue weighted by atomic mass is 16.4. The fourth-order valence-electron chi connectivity index (χ4n) is 1.50. The maximum Gasteiger partial charge on any atom is 0.345 e. The Morgan fingerprint density at radius 3 is 2.67 bits per heavy atom. The average Bonchev–Trinajstić information content (AvgIpc) is 2.35. The molecule has 0 aliphatic heterocycles. The standard InChI is InChI=1S/C12H12N4O2/c1-7(15-16-12(13)14)9-6-8-4-2-3-5-10(8)18-11(9)17/h2-6H,1H3,(H4,13,14,16)/b15-7-. The van der Waals surface area contributed by atoms with Crippen molar-refractivity contribution in [2.45, 2.75) is 6.92 Å². The number of nitrogens with zero attached hydrogens (tertiary/aromatic N) is 2. The Morgan fingerprint density at radius 2 is 1.94 bits per heavy atom. The Balaban J connectivity index is 2.58. The van der Waals surface area contributed by atoms with Crippen LogP contribution in [0, 0.1) is 0 Å². The van der Waals surface area contributed by atoms with Crippen molar-refractivity contribution in [3.05, 3.63) is 46.3 Å². The minimum absolute atomic E-state index is 0.167. The largest absolute Gasteiger partial charge is 0.422 e. The van der Waals surface area contributed by atoms with Gasteiger partial charge in [0.25, 0.3) is 0 Å². The van der Waals surface area contributed by atoms with E-state index in [9.17, 15) is 4.79 Å². The van der Waals surface area contributed by atoms with E-state index in [0.29, 0.717) is 16.9 Å². The Bertz CT molecular complexity index is 697. The van der Waals surface area contributed by atoms with E-state index in [1.165, 1.54) is 0 Å². The molecular formula is C12H12N4O2. The van der Waals surface area contributed by atoms with Gasteiger partial charge in [0.2, 0.25) is 5.96 Å². The molecule has 18 heavy (non-hydrogen) atoms. The van der Waals surface area contributed by atoms with Crippen molar-refractivity contribution in [1.82, 2.24) is 0 Å². The highest BCUT2D eigenvalue weighted by Crippen LogP contribution is 2.12. The maximum atomic E-state index is 11.8. The monoisotopic (exact) mass is 244 g/mol. The summed E-state index contributed by atoms with van der Waals surface area (Å²) in [7, 11) is 0. The van der Waals surface area contributed by atoms with E-state index in [-0.39, 0.29) is 5.96 Å². The molecule has 2 rings (SSSR count). The van der Waals surface area contributed by atoms with Crippen LogP contribution in [0.25, 0.3) is 11.0 Å². The topological polar surface area (TPSA) is 107 Å². The summed E-state index contributed by atoms with van der Waals surface area (Å²) in [4.78, 5) is 11.8. The van der Waals surface area contributed by atoms with Gasteiger partial charge in [-0.2, -0.15) is 5.10 Å². The van der Waals surface area contributed by atoms with Crippen LogP contribution in [0.3, 0.4) is 0 Å². The average molecular weight is 244 g/mol. The van der Waals surface area contributed by atoms with Crippen LogP contribution in [0.5, 0.6) is 0 Å². The number of guanidine groups is 1. The van der Waals surface area contributed by atoms with Crippen LogP contribution in [0.15, 0.2) is 49.7 Å². The second-order valence-electron chi connectivity index (χ2n) is 3.70. The molecule has 6 heteroatoms. The predicted octanol–water partition coefficient (Wildman–Crippen LogP) is 0.790. The summed E-state index contributed by atoms with van der Waals surface area (Å²) in [5.41, 5.74) is 11.1. The van der Waals surface area contributed by atoms with Gasteiger partial charge in [-0.25, -0.2) is 4.79 Å². The summed E-state index contributed by atoms with van der Waals surface area (Å²) in [5, 5.41) is 8.07. The normalized spacial score (nSPS) is 11.5. The van der Waals surface area contributed by atoms with Crippen LogP contribution in [0.1, 0.15) is 12.5 Å². The van der Waals surface area contributed by atoms with E-state index < -0.39 is 5.63 Å². The van der Waals surface area contributed by atoms with Crippen molar-refractivity contribution in [1.29, 1.82) is 0 Å². The molecule has 0 atom stereocenters. The molecule has 0 aliphatic carbocycles. The molecule has 0 fully saturated rings. The van der Waals surface area contributed by atoms with E-state index in [4.69, 9.17) is 15.9 Å². The van der Waals surface area contributed by atoms with Crippen molar-refractivity contribution in [3.8, 4) is 0 Å². The van der Waals surface area contributed by atoms with Crippen LogP contribution in [-0.2, 0) is 0 Å². The first-order chi connectivity index (χ1) is 8.58. The zero-order valence-corrected chi connectivity index (χ0v) is 9.75. The van der Waals surface area contributed by atoms with Gasteiger partial charge in [-0.1, -0.05) is 18.2 Å². The lowest BCUT2D eigenvalue weighted by atomic mass is 10.1. The molecule has 0 aliphatic rings. The van der Waals surface area contributed by atoms with Crippen molar-refractivity contribution in [2.24, 2.45) is 21.7 Å². The van der Waals surface area contributed by atoms with Crippen LogP contribution in [0.4, 0.5) is 0 Å². The molecular weight excluding hydrogens is 232 g/mol. The summed E-state index contributed by atoms with van der Waals surface area (Å²) >= 11 is 0. The number of para-hydroxylation sites is 1. The second-order valence-corrected chi connectivity index (χ2v) is 3.70. The molecule has 0 bridgehead atoms. The summed E-state index contributed by atoms with van der Waals surface area (Å²) in [5.74, 6) is -0.167. The summed E-state index contributed by atoms with van der Waals surface area (Å²) < 4.78 is 5.17. The molecule has 2 aromatic rings. The Hall–Kier alpha value is -2.63. The van der Waals surface area contributed by atoms with Crippen LogP contribution >= 0.6 is 0 Å². The van der Waals surface area contributed by atoms with Gasteiger partial charge < -0.3 is 15.9 Å². The third-order valence-corrected chi connectivity index (χ3v) is 2.35. The van der Waals surface area contributed by atoms with Gasteiger partial charge in [-0.15, -0.1) is 5.10 Å². The molecule has 4 N–H and O–H groups in total. The minimum atomic E-state index is -0.472. The van der Waals surface area contributed by atoms with Crippen molar-refractivity contribution >= 4 is 22.6 Å². The lowest BCUT2D eigenvalue weighted by Gasteiger charge is -2.00. The quantitative estimate of drug-likeness (QED) is 0.352. The summed E-state index contributed by atoms with van der Waals surface area (Å²) in [6.45, 7) is 1.63. The molecule has 0 spiro atoms. The molecule has 0 unspecified atom stereocenters. The molecule has 6 nitrogen and oxygen atoms in total. The fraction of sp³-hybridized carbons (Fsp3) is 0.0833. The van der Waals surface area contributed by atoms with Gasteiger partial charge in [-0.05, 0) is 19.1 Å². The molecule has 1 aromatic heterocycles. The number of hydrogen-bond acceptors (Lipinski definition) is 4. The third kappa shape index (κ3) is 2.37. The smallest absolute Gasteiger partial charge is 0.345 e. The van der Waals surface area contributed by atoms with E-state index in [2.05, 4.69) is 10.2 Å². The molecule has 1 heterocycles. The van der Waals surface area contributed by atoms with E-state index >= 15 is 0 Å². The SMILES string of the molecule is C/C(=N/N=C(N)N)c1cc2ccccc2oc1=O. The molecule has 92 valence electrons. The number of benzene rings is 1. The highest BCUT2D eigenvalue weighted by molar-refractivity contribution is 6.00. The number of fused-ring (bicyclic) bond motifs is 1. The fourth-order valence-corrected chi connectivity index (χ4v) is 1.50. The second kappa shape index (κ2) is 4.70. The highest BCUT2D eigenvalue weighted by Gasteiger charge is 2.07. The van der Waals surface area contributed by atoms with Crippen molar-refractivity contribution < 1.29 is 4.42 Å². The van der Waals surface area contributed by atoms with Gasteiger partial charge >= 0.3 is 5.63 Å². The van der Waals surface area contributed by atoms with Crippen LogP contribution < -0.4 is 17.1 Å². The molecule has 0 amide bonds. The third-order valence-electron chi connectivity index (χ3n) is 2.35. The van der Waals surface area contributed by atoms with Gasteiger partial charge in [0, 0.05) is 5.39 Å². The first-order valence-electron chi connectivity index (χ1n) is 5.24. The number of rotatable bonds is 2. The molecule has 0 saturated carbocycles. The molecule has 0 radical (unpaired) electrons. The minimum Gasteiger partial charge on any atom is -0.422 e. The van der Waals surface area contributed by atoms with E-state index in [1.807, 2.05) is 12.1 Å². The molecule has 0 saturated heterocycles. The van der Waals surface area contributed by atoms with Crippen LogP contribution in [0.2, 0.25) is 0 Å². The van der Waals surface area contributed by atoms with E-state index in [1.54, 1.807) is 25.1 Å². The Labute approximate surface area is 103 Å². The molecule has 1 aromatic carbocycles. The zero-order valence-electron chi connectivity index (χ0n) is 9.75. The van der Waals surface area contributed by atoms with Crippen LogP contribution in [-0.4, -0.2) is 11.7 Å².